The Morgan fingerprint density at radius 1 is 1.23 bits per heavy atom. The summed E-state index contributed by atoms with van der Waals surface area (Å²) in [5.74, 6) is -0.419. The zero-order chi connectivity index (χ0) is 21.3. The third-order valence-electron chi connectivity index (χ3n) is 4.95. The van der Waals surface area contributed by atoms with E-state index in [4.69, 9.17) is 5.41 Å². The molecule has 7 heteroatoms. The topological polar surface area (TPSA) is 92.2 Å². The Bertz CT molecular complexity index is 1400. The van der Waals surface area contributed by atoms with Gasteiger partial charge in [-0.1, -0.05) is 42.0 Å². The average molecular weight is 399 g/mol. The van der Waals surface area contributed by atoms with Crippen molar-refractivity contribution in [2.24, 2.45) is 0 Å². The summed E-state index contributed by atoms with van der Waals surface area (Å²) in [4.78, 5) is 30.5. The van der Waals surface area contributed by atoms with Crippen LogP contribution in [-0.4, -0.2) is 19.9 Å². The predicted octanol–water partition coefficient (Wildman–Crippen LogP) is 2.55. The van der Waals surface area contributed by atoms with Gasteiger partial charge in [-0.25, -0.2) is 4.98 Å². The van der Waals surface area contributed by atoms with E-state index < -0.39 is 5.91 Å². The number of rotatable bonds is 5. The van der Waals surface area contributed by atoms with Crippen LogP contribution in [0.25, 0.3) is 16.7 Å². The number of aromatic nitrogens is 3. The zero-order valence-electron chi connectivity index (χ0n) is 16.6. The Kier molecular flexibility index (Phi) is 5.02. The van der Waals surface area contributed by atoms with Crippen LogP contribution >= 0.6 is 0 Å². The summed E-state index contributed by atoms with van der Waals surface area (Å²) in [6, 6.07) is 14.6. The van der Waals surface area contributed by atoms with Gasteiger partial charge < -0.3 is 9.88 Å². The highest BCUT2D eigenvalue weighted by atomic mass is 16.1. The molecule has 0 spiro atoms. The van der Waals surface area contributed by atoms with Crippen molar-refractivity contribution in [3.63, 3.8) is 0 Å². The van der Waals surface area contributed by atoms with E-state index in [1.807, 2.05) is 31.2 Å². The molecule has 0 atom stereocenters. The lowest BCUT2D eigenvalue weighted by atomic mass is 10.1. The minimum atomic E-state index is -0.419. The summed E-state index contributed by atoms with van der Waals surface area (Å²) in [7, 11) is 0. The molecular formula is C23H21N5O2. The molecule has 30 heavy (non-hydrogen) atoms. The van der Waals surface area contributed by atoms with Crippen molar-refractivity contribution in [2.75, 3.05) is 0 Å². The van der Waals surface area contributed by atoms with Crippen molar-refractivity contribution >= 4 is 22.6 Å². The fraction of sp³-hybridized carbons (Fsp3) is 0.130. The second-order valence-electron chi connectivity index (χ2n) is 7.06. The van der Waals surface area contributed by atoms with Crippen LogP contribution < -0.4 is 16.4 Å². The van der Waals surface area contributed by atoms with E-state index in [-0.39, 0.29) is 28.5 Å². The van der Waals surface area contributed by atoms with Crippen LogP contribution in [0.4, 0.5) is 0 Å². The third-order valence-corrected chi connectivity index (χ3v) is 4.95. The number of carbonyl (C=O) groups excluding carboxylic acids is 1. The van der Waals surface area contributed by atoms with Gasteiger partial charge in [0.2, 0.25) is 0 Å². The highest BCUT2D eigenvalue weighted by Crippen LogP contribution is 2.11. The number of nitrogens with one attached hydrogen (secondary N) is 2. The van der Waals surface area contributed by atoms with Gasteiger partial charge >= 0.3 is 0 Å². The number of amides is 1. The Balaban J connectivity index is 1.83. The number of hydrogen-bond donors (Lipinski definition) is 2. The summed E-state index contributed by atoms with van der Waals surface area (Å²) >= 11 is 0. The first-order chi connectivity index (χ1) is 14.5. The Hall–Kier alpha value is -4.00. The molecule has 0 bridgehead atoms. The number of nitrogens with zero attached hydrogens (tertiary/aromatic N) is 3. The summed E-state index contributed by atoms with van der Waals surface area (Å²) in [5.41, 5.74) is 2.73. The second kappa shape index (κ2) is 7.79. The van der Waals surface area contributed by atoms with Crippen molar-refractivity contribution in [3.8, 4) is 0 Å². The summed E-state index contributed by atoms with van der Waals surface area (Å²) in [6.07, 6.45) is 3.24. The van der Waals surface area contributed by atoms with Gasteiger partial charge in [-0.05, 0) is 30.7 Å². The van der Waals surface area contributed by atoms with E-state index in [0.717, 1.165) is 11.1 Å². The number of fused-ring (bicyclic) bond motifs is 2. The van der Waals surface area contributed by atoms with E-state index in [1.54, 1.807) is 30.5 Å². The molecule has 7 nitrogen and oxygen atoms in total. The van der Waals surface area contributed by atoms with Gasteiger partial charge in [-0.15, -0.1) is 6.58 Å². The fourth-order valence-electron chi connectivity index (χ4n) is 3.35. The van der Waals surface area contributed by atoms with Crippen molar-refractivity contribution in [2.45, 2.75) is 20.0 Å². The molecule has 3 heterocycles. The molecule has 3 aromatic heterocycles. The standard InChI is InChI=1S/C23H21N5O2/c1-3-11-28-20(24)17(22(29)25-14-16-9-7-15(2)8-10-16)13-18-21(28)26-19-6-4-5-12-27(19)23(18)30/h3-10,12-13,24H,1,11,14H2,2H3,(H,25,29). The number of hydrogen-bond acceptors (Lipinski definition) is 4. The van der Waals surface area contributed by atoms with Gasteiger partial charge in [0.05, 0.1) is 10.9 Å². The molecule has 4 aromatic rings. The van der Waals surface area contributed by atoms with E-state index >= 15 is 0 Å². The maximum atomic E-state index is 13.0. The minimum Gasteiger partial charge on any atom is -0.348 e. The molecular weight excluding hydrogens is 378 g/mol. The lowest BCUT2D eigenvalue weighted by Crippen LogP contribution is -2.34. The Morgan fingerprint density at radius 2 is 2.00 bits per heavy atom. The van der Waals surface area contributed by atoms with Crippen molar-refractivity contribution in [1.82, 2.24) is 19.3 Å². The van der Waals surface area contributed by atoms with Gasteiger partial charge in [-0.3, -0.25) is 19.4 Å². The van der Waals surface area contributed by atoms with Crippen molar-refractivity contribution in [3.05, 3.63) is 99.9 Å². The first-order valence-corrected chi connectivity index (χ1v) is 9.54. The SMILES string of the molecule is C=CCn1c(=N)c(C(=O)NCc2ccc(C)cc2)cc2c(=O)n3ccccc3nc21. The number of allylic oxidation sites excluding steroid dienone is 1. The zero-order valence-corrected chi connectivity index (χ0v) is 16.6. The highest BCUT2D eigenvalue weighted by molar-refractivity contribution is 5.96. The maximum Gasteiger partial charge on any atom is 0.267 e. The number of pyridine rings is 2. The van der Waals surface area contributed by atoms with Crippen LogP contribution in [0.3, 0.4) is 0 Å². The van der Waals surface area contributed by atoms with Gasteiger partial charge in [0.1, 0.15) is 16.8 Å². The molecule has 0 saturated carbocycles. The third kappa shape index (κ3) is 3.41. The average Bonchev–Trinajstić information content (AvgIpc) is 2.75. The minimum absolute atomic E-state index is 0.0176. The summed E-state index contributed by atoms with van der Waals surface area (Å²) < 4.78 is 2.95. The smallest absolute Gasteiger partial charge is 0.267 e. The van der Waals surface area contributed by atoms with Crippen molar-refractivity contribution in [1.29, 1.82) is 5.41 Å². The highest BCUT2D eigenvalue weighted by Gasteiger charge is 2.17. The largest absolute Gasteiger partial charge is 0.348 e. The molecule has 0 fully saturated rings. The summed E-state index contributed by atoms with van der Waals surface area (Å²) in [6.45, 7) is 6.31. The predicted molar refractivity (Wildman–Crippen MR) is 115 cm³/mol. The first-order valence-electron chi connectivity index (χ1n) is 9.54. The maximum absolute atomic E-state index is 13.0. The molecule has 150 valence electrons. The number of aryl methyl sites for hydroxylation is 1. The van der Waals surface area contributed by atoms with Gasteiger partial charge in [-0.2, -0.15) is 0 Å². The van der Waals surface area contributed by atoms with Gasteiger partial charge in [0, 0.05) is 19.3 Å². The fourth-order valence-corrected chi connectivity index (χ4v) is 3.35. The van der Waals surface area contributed by atoms with Gasteiger partial charge in [0.15, 0.2) is 0 Å². The summed E-state index contributed by atoms with van der Waals surface area (Å²) in [5, 5.41) is 11.7. The van der Waals surface area contributed by atoms with Crippen LogP contribution in [0.2, 0.25) is 0 Å². The molecule has 0 aliphatic rings. The molecule has 0 unspecified atom stereocenters. The second-order valence-corrected chi connectivity index (χ2v) is 7.06. The number of benzene rings is 1. The molecule has 1 aromatic carbocycles. The Morgan fingerprint density at radius 3 is 2.73 bits per heavy atom. The molecule has 2 N–H and O–H groups in total. The molecule has 0 radical (unpaired) electrons. The first kappa shape index (κ1) is 19.3. The van der Waals surface area contributed by atoms with E-state index in [1.165, 1.54) is 15.0 Å². The van der Waals surface area contributed by atoms with Crippen LogP contribution in [0.1, 0.15) is 21.5 Å². The lowest BCUT2D eigenvalue weighted by molar-refractivity contribution is 0.0948. The van der Waals surface area contributed by atoms with Crippen LogP contribution in [0.5, 0.6) is 0 Å². The lowest BCUT2D eigenvalue weighted by Gasteiger charge is -2.13. The number of carbonyl (C=O) groups is 1. The van der Waals surface area contributed by atoms with E-state index in [0.29, 0.717) is 17.8 Å². The van der Waals surface area contributed by atoms with Crippen LogP contribution in [-0.2, 0) is 13.1 Å². The molecule has 0 aliphatic carbocycles. The van der Waals surface area contributed by atoms with E-state index in [9.17, 15) is 9.59 Å². The molecule has 1 amide bonds. The Labute approximate surface area is 172 Å². The monoisotopic (exact) mass is 399 g/mol. The van der Waals surface area contributed by atoms with E-state index in [2.05, 4.69) is 16.9 Å². The molecule has 0 aliphatic heterocycles. The van der Waals surface area contributed by atoms with Gasteiger partial charge in [0.25, 0.3) is 11.5 Å². The van der Waals surface area contributed by atoms with Crippen molar-refractivity contribution < 1.29 is 4.79 Å². The van der Waals surface area contributed by atoms with Crippen LogP contribution in [0.15, 0.2) is 72.2 Å². The van der Waals surface area contributed by atoms with Crippen LogP contribution in [0, 0.1) is 12.3 Å². The molecule has 4 rings (SSSR count). The quantitative estimate of drug-likeness (QED) is 0.399. The molecule has 0 saturated heterocycles. The normalized spacial score (nSPS) is 11.0.